The van der Waals surface area contributed by atoms with Gasteiger partial charge in [-0.25, -0.2) is 0 Å². The lowest BCUT2D eigenvalue weighted by Crippen LogP contribution is -2.29. The van der Waals surface area contributed by atoms with Crippen molar-refractivity contribution in [1.29, 1.82) is 0 Å². The molecule has 0 bridgehead atoms. The lowest BCUT2D eigenvalue weighted by molar-refractivity contribution is 0.0765. The van der Waals surface area contributed by atoms with Gasteiger partial charge in [-0.1, -0.05) is 5.16 Å². The predicted octanol–water partition coefficient (Wildman–Crippen LogP) is 0.0473. The molecule has 0 saturated heterocycles. The second-order valence-electron chi connectivity index (χ2n) is 2.75. The topological polar surface area (TPSA) is 66.6 Å². The highest BCUT2D eigenvalue weighted by Gasteiger charge is 2.16. The molecule has 1 rings (SSSR count). The van der Waals surface area contributed by atoms with E-state index in [9.17, 15) is 4.79 Å². The molecule has 1 amide bonds. The van der Waals surface area contributed by atoms with E-state index in [1.165, 1.54) is 11.1 Å². The SMILES string of the molecule is Cc1oncc1C(=O)N(C)CCO. The molecule has 1 aromatic heterocycles. The summed E-state index contributed by atoms with van der Waals surface area (Å²) in [4.78, 5) is 12.9. The number of nitrogens with zero attached hydrogens (tertiary/aromatic N) is 2. The summed E-state index contributed by atoms with van der Waals surface area (Å²) in [5.41, 5.74) is 0.441. The fourth-order valence-electron chi connectivity index (χ4n) is 0.961. The predicted molar refractivity (Wildman–Crippen MR) is 45.3 cm³/mol. The quantitative estimate of drug-likeness (QED) is 0.720. The number of carbonyl (C=O) groups is 1. The van der Waals surface area contributed by atoms with Gasteiger partial charge in [0, 0.05) is 13.6 Å². The van der Waals surface area contributed by atoms with Gasteiger partial charge in [0.1, 0.15) is 11.3 Å². The van der Waals surface area contributed by atoms with Crippen LogP contribution in [-0.4, -0.2) is 41.3 Å². The standard InChI is InChI=1S/C8H12N2O3/c1-6-7(5-9-13-6)8(12)10(2)3-4-11/h5,11H,3-4H2,1-2H3. The molecule has 0 radical (unpaired) electrons. The molecule has 72 valence electrons. The minimum atomic E-state index is -0.187. The van der Waals surface area contributed by atoms with Crippen LogP contribution in [0, 0.1) is 6.92 Å². The van der Waals surface area contributed by atoms with E-state index in [1.807, 2.05) is 0 Å². The zero-order chi connectivity index (χ0) is 9.84. The first-order chi connectivity index (χ1) is 6.16. The Labute approximate surface area is 75.9 Å². The molecule has 0 fully saturated rings. The third-order valence-corrected chi connectivity index (χ3v) is 1.76. The van der Waals surface area contributed by atoms with E-state index in [4.69, 9.17) is 9.63 Å². The fourth-order valence-corrected chi connectivity index (χ4v) is 0.961. The number of carbonyl (C=O) groups excluding carboxylic acids is 1. The van der Waals surface area contributed by atoms with Crippen molar-refractivity contribution in [2.75, 3.05) is 20.2 Å². The van der Waals surface area contributed by atoms with Gasteiger partial charge >= 0.3 is 0 Å². The molecule has 0 atom stereocenters. The van der Waals surface area contributed by atoms with Gasteiger partial charge in [-0.05, 0) is 6.92 Å². The zero-order valence-electron chi connectivity index (χ0n) is 7.65. The first-order valence-corrected chi connectivity index (χ1v) is 3.94. The summed E-state index contributed by atoms with van der Waals surface area (Å²) >= 11 is 0. The second kappa shape index (κ2) is 4.04. The molecule has 1 aromatic rings. The molecule has 0 unspecified atom stereocenters. The third-order valence-electron chi connectivity index (χ3n) is 1.76. The minimum absolute atomic E-state index is 0.0490. The summed E-state index contributed by atoms with van der Waals surface area (Å²) in [5, 5.41) is 12.1. The number of rotatable bonds is 3. The average Bonchev–Trinajstić information content (AvgIpc) is 2.50. The molecule has 0 aromatic carbocycles. The molecule has 0 aliphatic rings. The normalized spacial score (nSPS) is 10.1. The molecule has 5 nitrogen and oxygen atoms in total. The van der Waals surface area contributed by atoms with Gasteiger partial charge in [0.05, 0.1) is 12.8 Å². The summed E-state index contributed by atoms with van der Waals surface area (Å²) in [6, 6.07) is 0. The smallest absolute Gasteiger partial charge is 0.258 e. The molecular formula is C8H12N2O3. The van der Waals surface area contributed by atoms with Gasteiger partial charge in [-0.2, -0.15) is 0 Å². The number of aromatic nitrogens is 1. The Kier molecular flexibility index (Phi) is 3.02. The molecular weight excluding hydrogens is 172 g/mol. The van der Waals surface area contributed by atoms with Crippen LogP contribution >= 0.6 is 0 Å². The Balaban J connectivity index is 2.73. The van der Waals surface area contributed by atoms with Gasteiger partial charge in [0.2, 0.25) is 0 Å². The molecule has 0 spiro atoms. The molecule has 13 heavy (non-hydrogen) atoms. The van der Waals surface area contributed by atoms with E-state index in [0.717, 1.165) is 0 Å². The highest BCUT2D eigenvalue weighted by Crippen LogP contribution is 2.08. The van der Waals surface area contributed by atoms with Crippen LogP contribution in [0.5, 0.6) is 0 Å². The van der Waals surface area contributed by atoms with Crippen LogP contribution in [0.25, 0.3) is 0 Å². The minimum Gasteiger partial charge on any atom is -0.395 e. The number of aryl methyl sites for hydroxylation is 1. The molecule has 0 aliphatic carbocycles. The van der Waals surface area contributed by atoms with E-state index in [0.29, 0.717) is 17.9 Å². The lowest BCUT2D eigenvalue weighted by atomic mass is 10.2. The van der Waals surface area contributed by atoms with Crippen LogP contribution < -0.4 is 0 Å². The first-order valence-electron chi connectivity index (χ1n) is 3.94. The molecule has 1 heterocycles. The van der Waals surface area contributed by atoms with Crippen molar-refractivity contribution < 1.29 is 14.4 Å². The summed E-state index contributed by atoms with van der Waals surface area (Å²) in [5.74, 6) is 0.308. The maximum atomic E-state index is 11.5. The Hall–Kier alpha value is -1.36. The monoisotopic (exact) mass is 184 g/mol. The van der Waals surface area contributed by atoms with Crippen LogP contribution in [0.15, 0.2) is 10.7 Å². The van der Waals surface area contributed by atoms with Crippen molar-refractivity contribution in [3.05, 3.63) is 17.5 Å². The third kappa shape index (κ3) is 2.06. The van der Waals surface area contributed by atoms with Crippen molar-refractivity contribution >= 4 is 5.91 Å². The Bertz CT molecular complexity index is 295. The van der Waals surface area contributed by atoms with Crippen molar-refractivity contribution in [2.24, 2.45) is 0 Å². The van der Waals surface area contributed by atoms with Crippen LogP contribution in [0.4, 0.5) is 0 Å². The number of likely N-dealkylation sites (N-methyl/N-ethyl adjacent to an activating group) is 1. The largest absolute Gasteiger partial charge is 0.395 e. The van der Waals surface area contributed by atoms with Crippen LogP contribution in [0.3, 0.4) is 0 Å². The fraction of sp³-hybridized carbons (Fsp3) is 0.500. The van der Waals surface area contributed by atoms with Gasteiger partial charge in [-0.3, -0.25) is 4.79 Å². The maximum Gasteiger partial charge on any atom is 0.258 e. The Morgan fingerprint density at radius 3 is 2.92 bits per heavy atom. The van der Waals surface area contributed by atoms with E-state index in [-0.39, 0.29) is 12.5 Å². The zero-order valence-corrected chi connectivity index (χ0v) is 7.65. The molecule has 0 aliphatic heterocycles. The van der Waals surface area contributed by atoms with E-state index in [2.05, 4.69) is 5.16 Å². The average molecular weight is 184 g/mol. The van der Waals surface area contributed by atoms with Crippen molar-refractivity contribution in [1.82, 2.24) is 10.1 Å². The van der Waals surface area contributed by atoms with Gasteiger partial charge < -0.3 is 14.5 Å². The lowest BCUT2D eigenvalue weighted by Gasteiger charge is -2.14. The number of hydrogen-bond acceptors (Lipinski definition) is 4. The van der Waals surface area contributed by atoms with Gasteiger partial charge in [0.15, 0.2) is 0 Å². The van der Waals surface area contributed by atoms with E-state index < -0.39 is 0 Å². The number of aliphatic hydroxyl groups is 1. The number of hydrogen-bond donors (Lipinski definition) is 1. The summed E-state index contributed by atoms with van der Waals surface area (Å²) in [6.07, 6.45) is 1.38. The highest BCUT2D eigenvalue weighted by molar-refractivity contribution is 5.94. The highest BCUT2D eigenvalue weighted by atomic mass is 16.5. The number of aliphatic hydroxyl groups excluding tert-OH is 1. The van der Waals surface area contributed by atoms with Crippen molar-refractivity contribution in [3.63, 3.8) is 0 Å². The van der Waals surface area contributed by atoms with E-state index >= 15 is 0 Å². The summed E-state index contributed by atoms with van der Waals surface area (Å²) in [7, 11) is 1.62. The molecule has 1 N–H and O–H groups in total. The first kappa shape index (κ1) is 9.73. The molecule has 5 heteroatoms. The Morgan fingerprint density at radius 1 is 1.77 bits per heavy atom. The van der Waals surface area contributed by atoms with Crippen molar-refractivity contribution in [2.45, 2.75) is 6.92 Å². The second-order valence-corrected chi connectivity index (χ2v) is 2.75. The van der Waals surface area contributed by atoms with Crippen LogP contribution in [0.2, 0.25) is 0 Å². The van der Waals surface area contributed by atoms with Crippen molar-refractivity contribution in [3.8, 4) is 0 Å². The molecule has 0 saturated carbocycles. The Morgan fingerprint density at radius 2 is 2.46 bits per heavy atom. The van der Waals surface area contributed by atoms with Gasteiger partial charge in [0.25, 0.3) is 5.91 Å². The maximum absolute atomic E-state index is 11.5. The van der Waals surface area contributed by atoms with Crippen LogP contribution in [0.1, 0.15) is 16.1 Å². The summed E-state index contributed by atoms with van der Waals surface area (Å²) < 4.78 is 4.75. The van der Waals surface area contributed by atoms with E-state index in [1.54, 1.807) is 14.0 Å². The van der Waals surface area contributed by atoms with Crippen LogP contribution in [-0.2, 0) is 0 Å². The summed E-state index contributed by atoms with van der Waals surface area (Å²) in [6.45, 7) is 1.93. The van der Waals surface area contributed by atoms with Gasteiger partial charge in [-0.15, -0.1) is 0 Å². The number of amides is 1.